The van der Waals surface area contributed by atoms with Crippen LogP contribution in [0.1, 0.15) is 5.56 Å². The van der Waals surface area contributed by atoms with Crippen LogP contribution in [0.5, 0.6) is 5.75 Å². The summed E-state index contributed by atoms with van der Waals surface area (Å²) in [5, 5.41) is 5.05. The molecule has 0 unspecified atom stereocenters. The van der Waals surface area contributed by atoms with Gasteiger partial charge >= 0.3 is 0 Å². The molecule has 0 atom stereocenters. The van der Waals surface area contributed by atoms with E-state index in [0.717, 1.165) is 38.6 Å². The Bertz CT molecular complexity index is 1120. The van der Waals surface area contributed by atoms with Crippen molar-refractivity contribution in [2.45, 2.75) is 6.92 Å². The van der Waals surface area contributed by atoms with Crippen LogP contribution in [0.15, 0.2) is 42.7 Å². The number of fused-ring (bicyclic) bond motifs is 4. The Hall–Kier alpha value is -2.21. The molecule has 4 nitrogen and oxygen atoms in total. The van der Waals surface area contributed by atoms with E-state index in [1.54, 1.807) is 0 Å². The molecule has 0 radical (unpaired) electrons. The third kappa shape index (κ3) is 3.16. The highest BCUT2D eigenvalue weighted by atomic mass is 32.1. The number of benzene rings is 2. The summed E-state index contributed by atoms with van der Waals surface area (Å²) in [4.78, 5) is 6.69. The van der Waals surface area contributed by atoms with Crippen LogP contribution in [-0.4, -0.2) is 49.3 Å². The number of ether oxygens (including phenoxy) is 2. The van der Waals surface area contributed by atoms with Crippen LogP contribution in [0.3, 0.4) is 0 Å². The van der Waals surface area contributed by atoms with Crippen LogP contribution < -0.4 is 4.74 Å². The van der Waals surface area contributed by atoms with Crippen LogP contribution in [0.2, 0.25) is 0 Å². The van der Waals surface area contributed by atoms with Gasteiger partial charge < -0.3 is 9.47 Å². The Balaban J connectivity index is 1.46. The minimum atomic E-state index is 0.708. The predicted molar refractivity (Wildman–Crippen MR) is 112 cm³/mol. The zero-order valence-corrected chi connectivity index (χ0v) is 16.2. The molecule has 1 saturated heterocycles. The number of pyridine rings is 1. The molecule has 0 saturated carbocycles. The minimum Gasteiger partial charge on any atom is -0.492 e. The van der Waals surface area contributed by atoms with Crippen molar-refractivity contribution in [2.75, 3.05) is 39.5 Å². The number of rotatable bonds is 4. The van der Waals surface area contributed by atoms with Crippen LogP contribution >= 0.6 is 11.3 Å². The first-order valence-corrected chi connectivity index (χ1v) is 10.2. The highest BCUT2D eigenvalue weighted by Gasteiger charge is 2.12. The van der Waals surface area contributed by atoms with Gasteiger partial charge in [-0.25, -0.2) is 0 Å². The van der Waals surface area contributed by atoms with Crippen molar-refractivity contribution in [3.63, 3.8) is 0 Å². The zero-order valence-electron chi connectivity index (χ0n) is 15.4. The van der Waals surface area contributed by atoms with E-state index in [1.807, 2.05) is 23.7 Å². The van der Waals surface area contributed by atoms with E-state index in [0.29, 0.717) is 6.61 Å². The molecule has 0 spiro atoms. The van der Waals surface area contributed by atoms with Gasteiger partial charge in [-0.05, 0) is 48.2 Å². The smallest absolute Gasteiger partial charge is 0.120 e. The molecule has 5 heteroatoms. The second-order valence-corrected chi connectivity index (χ2v) is 8.09. The Labute approximate surface area is 162 Å². The number of aromatic nitrogens is 1. The minimum absolute atomic E-state index is 0.708. The SMILES string of the molecule is Cc1c2ccncc2cc2c1sc1ccc(OCCN3CCOCC3)cc12. The van der Waals surface area contributed by atoms with Crippen molar-refractivity contribution in [1.29, 1.82) is 0 Å². The van der Waals surface area contributed by atoms with E-state index in [9.17, 15) is 0 Å². The fourth-order valence-corrected chi connectivity index (χ4v) is 5.04. The number of aryl methyl sites for hydroxylation is 1. The summed E-state index contributed by atoms with van der Waals surface area (Å²) in [5.41, 5.74) is 1.33. The van der Waals surface area contributed by atoms with E-state index in [2.05, 4.69) is 47.1 Å². The fourth-order valence-electron chi connectivity index (χ4n) is 3.87. The lowest BCUT2D eigenvalue weighted by atomic mass is 10.0. The summed E-state index contributed by atoms with van der Waals surface area (Å²) in [5.74, 6) is 0.944. The quantitative estimate of drug-likeness (QED) is 0.519. The molecular formula is C22H22N2O2S. The Morgan fingerprint density at radius 1 is 1.11 bits per heavy atom. The summed E-state index contributed by atoms with van der Waals surface area (Å²) in [6.07, 6.45) is 3.82. The van der Waals surface area contributed by atoms with E-state index in [4.69, 9.17) is 9.47 Å². The molecule has 2 aromatic carbocycles. The number of hydrogen-bond acceptors (Lipinski definition) is 5. The molecular weight excluding hydrogens is 356 g/mol. The predicted octanol–water partition coefficient (Wildman–Crippen LogP) is 4.62. The molecule has 1 fully saturated rings. The average Bonchev–Trinajstić information content (AvgIpc) is 3.07. The van der Waals surface area contributed by atoms with Crippen LogP contribution in [-0.2, 0) is 4.74 Å². The van der Waals surface area contributed by atoms with Crippen LogP contribution in [0, 0.1) is 6.92 Å². The fraction of sp³-hybridized carbons (Fsp3) is 0.318. The maximum Gasteiger partial charge on any atom is 0.120 e. The number of morpholine rings is 1. The lowest BCUT2D eigenvalue weighted by molar-refractivity contribution is 0.0322. The monoisotopic (exact) mass is 378 g/mol. The van der Waals surface area contributed by atoms with Crippen molar-refractivity contribution in [1.82, 2.24) is 9.88 Å². The first kappa shape index (κ1) is 16.9. The molecule has 1 aliphatic rings. The van der Waals surface area contributed by atoms with E-state index < -0.39 is 0 Å². The highest BCUT2D eigenvalue weighted by molar-refractivity contribution is 7.26. The summed E-state index contributed by atoms with van der Waals surface area (Å²) < 4.78 is 14.1. The number of thiophene rings is 1. The molecule has 1 aliphatic heterocycles. The summed E-state index contributed by atoms with van der Waals surface area (Å²) in [7, 11) is 0. The van der Waals surface area contributed by atoms with Gasteiger partial charge in [0.25, 0.3) is 0 Å². The normalized spacial score (nSPS) is 15.7. The van der Waals surface area contributed by atoms with Gasteiger partial charge in [0, 0.05) is 57.6 Å². The first-order chi connectivity index (χ1) is 13.3. The van der Waals surface area contributed by atoms with Gasteiger partial charge in [-0.15, -0.1) is 11.3 Å². The maximum atomic E-state index is 6.06. The van der Waals surface area contributed by atoms with Gasteiger partial charge in [0.15, 0.2) is 0 Å². The van der Waals surface area contributed by atoms with Gasteiger partial charge in [0.05, 0.1) is 13.2 Å². The number of hydrogen-bond donors (Lipinski definition) is 0. The molecule has 2 aromatic heterocycles. The molecule has 3 heterocycles. The van der Waals surface area contributed by atoms with E-state index in [-0.39, 0.29) is 0 Å². The van der Waals surface area contributed by atoms with Crippen molar-refractivity contribution >= 4 is 42.3 Å². The standard InChI is InChI=1S/C22H22N2O2S/c1-15-18-4-5-23-14-16(18)12-20-19-13-17(2-3-21(19)27-22(15)20)26-11-8-24-6-9-25-10-7-24/h2-5,12-14H,6-11H2,1H3. The molecule has 0 N–H and O–H groups in total. The van der Waals surface area contributed by atoms with E-state index in [1.165, 1.54) is 36.5 Å². The molecule has 27 heavy (non-hydrogen) atoms. The second kappa shape index (κ2) is 7.08. The van der Waals surface area contributed by atoms with Gasteiger partial charge in [0.2, 0.25) is 0 Å². The van der Waals surface area contributed by atoms with Gasteiger partial charge in [-0.3, -0.25) is 9.88 Å². The van der Waals surface area contributed by atoms with Gasteiger partial charge in [-0.1, -0.05) is 0 Å². The maximum absolute atomic E-state index is 6.06. The van der Waals surface area contributed by atoms with Crippen molar-refractivity contribution in [2.24, 2.45) is 0 Å². The summed E-state index contributed by atoms with van der Waals surface area (Å²) in [6.45, 7) is 7.51. The zero-order chi connectivity index (χ0) is 18.2. The Morgan fingerprint density at radius 3 is 2.89 bits per heavy atom. The van der Waals surface area contributed by atoms with Crippen LogP contribution in [0.4, 0.5) is 0 Å². The molecule has 0 bridgehead atoms. The molecule has 5 rings (SSSR count). The van der Waals surface area contributed by atoms with Crippen molar-refractivity contribution in [3.05, 3.63) is 48.3 Å². The Morgan fingerprint density at radius 2 is 2.00 bits per heavy atom. The van der Waals surface area contributed by atoms with Gasteiger partial charge in [-0.2, -0.15) is 0 Å². The Kier molecular flexibility index (Phi) is 4.44. The average molecular weight is 378 g/mol. The molecule has 4 aromatic rings. The molecule has 138 valence electrons. The summed E-state index contributed by atoms with van der Waals surface area (Å²) >= 11 is 1.86. The third-order valence-electron chi connectivity index (χ3n) is 5.37. The first-order valence-electron chi connectivity index (χ1n) is 9.42. The van der Waals surface area contributed by atoms with Crippen molar-refractivity contribution < 1.29 is 9.47 Å². The molecule has 0 amide bonds. The summed E-state index contributed by atoms with van der Waals surface area (Å²) in [6, 6.07) is 10.8. The lowest BCUT2D eigenvalue weighted by Crippen LogP contribution is -2.38. The van der Waals surface area contributed by atoms with Crippen LogP contribution in [0.25, 0.3) is 30.9 Å². The third-order valence-corrected chi connectivity index (χ3v) is 6.68. The second-order valence-electron chi connectivity index (χ2n) is 7.04. The topological polar surface area (TPSA) is 34.6 Å². The van der Waals surface area contributed by atoms with Crippen molar-refractivity contribution in [3.8, 4) is 5.75 Å². The van der Waals surface area contributed by atoms with Gasteiger partial charge in [0.1, 0.15) is 12.4 Å². The largest absolute Gasteiger partial charge is 0.492 e. The highest BCUT2D eigenvalue weighted by Crippen LogP contribution is 2.40. The molecule has 0 aliphatic carbocycles. The lowest BCUT2D eigenvalue weighted by Gasteiger charge is -2.26. The van der Waals surface area contributed by atoms with E-state index >= 15 is 0 Å². The number of nitrogens with zero attached hydrogens (tertiary/aromatic N) is 2.